The Bertz CT molecular complexity index is 826. The van der Waals surface area contributed by atoms with Crippen molar-refractivity contribution in [2.75, 3.05) is 28.4 Å². The van der Waals surface area contributed by atoms with Crippen molar-refractivity contribution in [1.29, 1.82) is 0 Å². The van der Waals surface area contributed by atoms with Gasteiger partial charge in [0.15, 0.2) is 11.5 Å². The van der Waals surface area contributed by atoms with E-state index in [0.29, 0.717) is 27.1 Å². The number of nitrogens with zero attached hydrogens (tertiary/aromatic N) is 1. The first kappa shape index (κ1) is 22.1. The van der Waals surface area contributed by atoms with Gasteiger partial charge in [0.05, 0.1) is 43.5 Å². The number of aryl methyl sites for hydroxylation is 1. The summed E-state index contributed by atoms with van der Waals surface area (Å²) in [6.07, 6.45) is 1.47. The number of carbonyl (C=O) groups excluding carboxylic acids is 1. The Morgan fingerprint density at radius 1 is 1.04 bits per heavy atom. The minimum atomic E-state index is -0.397. The fourth-order valence-corrected chi connectivity index (χ4v) is 3.00. The van der Waals surface area contributed by atoms with Crippen LogP contribution < -0.4 is 18.9 Å². The maximum Gasteiger partial charge on any atom is 0.226 e. The second kappa shape index (κ2) is 9.09. The summed E-state index contributed by atoms with van der Waals surface area (Å²) in [5, 5.41) is 0.202. The molecule has 0 bridgehead atoms. The molecule has 0 spiro atoms. The molecule has 0 amide bonds. The van der Waals surface area contributed by atoms with Crippen LogP contribution in [-0.4, -0.2) is 39.2 Å². The van der Waals surface area contributed by atoms with Crippen molar-refractivity contribution < 1.29 is 23.7 Å². The van der Waals surface area contributed by atoms with E-state index in [1.54, 1.807) is 13.0 Å². The zero-order chi connectivity index (χ0) is 18.7. The molecule has 0 radical (unpaired) electrons. The third kappa shape index (κ3) is 3.73. The molecule has 8 heteroatoms. The number of aromatic nitrogens is 1. The van der Waals surface area contributed by atoms with Crippen LogP contribution in [0.3, 0.4) is 0 Å². The predicted molar refractivity (Wildman–Crippen MR) is 104 cm³/mol. The van der Waals surface area contributed by atoms with Crippen molar-refractivity contribution >= 4 is 33.3 Å². The lowest BCUT2D eigenvalue weighted by Crippen LogP contribution is -2.11. The van der Waals surface area contributed by atoms with Gasteiger partial charge in [-0.15, -0.1) is 0 Å². The highest BCUT2D eigenvalue weighted by molar-refractivity contribution is 9.10. The zero-order valence-corrected chi connectivity index (χ0v) is 16.7. The van der Waals surface area contributed by atoms with E-state index >= 15 is 0 Å². The van der Waals surface area contributed by atoms with Crippen LogP contribution in [0.2, 0.25) is 5.02 Å². The zero-order valence-electron chi connectivity index (χ0n) is 14.4. The third-order valence-electron chi connectivity index (χ3n) is 3.61. The Hall–Kier alpha value is -1.99. The number of carbonyl (C=O) groups is 1. The number of methoxy groups -OCH3 is 4. The molecule has 0 saturated heterocycles. The second-order valence-electron chi connectivity index (χ2n) is 4.97. The molecule has 0 atom stereocenters. The molecule has 0 saturated carbocycles. The van der Waals surface area contributed by atoms with Gasteiger partial charge in [0, 0.05) is 6.20 Å². The minimum absolute atomic E-state index is 0. The first-order valence-corrected chi connectivity index (χ1v) is 8.30. The molecule has 2 aromatic rings. The van der Waals surface area contributed by atoms with Gasteiger partial charge >= 0.3 is 0 Å². The summed E-state index contributed by atoms with van der Waals surface area (Å²) >= 11 is 9.59. The van der Waals surface area contributed by atoms with E-state index in [1.165, 1.54) is 34.6 Å². The molecule has 26 heavy (non-hydrogen) atoms. The van der Waals surface area contributed by atoms with Crippen LogP contribution in [0.15, 0.2) is 16.7 Å². The number of ether oxygens (including phenoxy) is 4. The smallest absolute Gasteiger partial charge is 0.226 e. The fourth-order valence-electron chi connectivity index (χ4n) is 2.49. The summed E-state index contributed by atoms with van der Waals surface area (Å²) < 4.78 is 21.8. The van der Waals surface area contributed by atoms with Gasteiger partial charge in [0.1, 0.15) is 5.56 Å². The van der Waals surface area contributed by atoms with Crippen molar-refractivity contribution in [2.45, 2.75) is 14.4 Å². The van der Waals surface area contributed by atoms with Gasteiger partial charge in [0.25, 0.3) is 0 Å². The van der Waals surface area contributed by atoms with Crippen LogP contribution in [0.1, 0.15) is 28.9 Å². The highest BCUT2D eigenvalue weighted by Gasteiger charge is 2.29. The maximum atomic E-state index is 13.3. The van der Waals surface area contributed by atoms with E-state index in [-0.39, 0.29) is 29.6 Å². The molecule has 6 nitrogen and oxygen atoms in total. The molecule has 1 aromatic carbocycles. The van der Waals surface area contributed by atoms with Gasteiger partial charge in [-0.1, -0.05) is 19.0 Å². The number of pyridine rings is 1. The van der Waals surface area contributed by atoms with Crippen LogP contribution in [0.25, 0.3) is 0 Å². The molecular formula is C18H21BrClNO5. The molecule has 0 unspecified atom stereocenters. The molecule has 0 fully saturated rings. The average Bonchev–Trinajstić information content (AvgIpc) is 2.61. The summed E-state index contributed by atoms with van der Waals surface area (Å²) in [5.41, 5.74) is 1.06. The summed E-state index contributed by atoms with van der Waals surface area (Å²) in [7, 11) is 5.85. The lowest BCUT2D eigenvalue weighted by atomic mass is 9.97. The highest BCUT2D eigenvalue weighted by atomic mass is 79.9. The van der Waals surface area contributed by atoms with Gasteiger partial charge in [0.2, 0.25) is 17.4 Å². The van der Waals surface area contributed by atoms with Crippen LogP contribution in [0.4, 0.5) is 0 Å². The summed E-state index contributed by atoms with van der Waals surface area (Å²) in [6, 6.07) is 1.69. The quantitative estimate of drug-likeness (QED) is 0.599. The first-order valence-electron chi connectivity index (χ1n) is 7.13. The summed E-state index contributed by atoms with van der Waals surface area (Å²) in [6.45, 7) is 1.77. The van der Waals surface area contributed by atoms with Crippen LogP contribution in [-0.2, 0) is 0 Å². The Morgan fingerprint density at radius 2 is 1.65 bits per heavy atom. The van der Waals surface area contributed by atoms with Gasteiger partial charge in [-0.3, -0.25) is 4.79 Å². The molecule has 0 aliphatic carbocycles. The van der Waals surface area contributed by atoms with Crippen LogP contribution in [0, 0.1) is 6.92 Å². The average molecular weight is 447 g/mol. The monoisotopic (exact) mass is 445 g/mol. The van der Waals surface area contributed by atoms with Crippen molar-refractivity contribution in [3.8, 4) is 23.1 Å². The maximum absolute atomic E-state index is 13.3. The van der Waals surface area contributed by atoms with Crippen molar-refractivity contribution in [3.63, 3.8) is 0 Å². The van der Waals surface area contributed by atoms with E-state index in [4.69, 9.17) is 30.5 Å². The Balaban J connectivity index is 0.00000338. The SMILES string of the molecule is C.COc1cc(C)c(C(=O)c2c(OC)ncc(Br)c2Cl)c(OC)c1OC. The normalized spacial score (nSPS) is 9.96. The molecule has 0 N–H and O–H groups in total. The van der Waals surface area contributed by atoms with Gasteiger partial charge in [-0.25, -0.2) is 4.98 Å². The number of rotatable bonds is 6. The Morgan fingerprint density at radius 3 is 2.15 bits per heavy atom. The Kier molecular flexibility index (Phi) is 7.71. The number of hydrogen-bond acceptors (Lipinski definition) is 6. The number of hydrogen-bond donors (Lipinski definition) is 0. The second-order valence-corrected chi connectivity index (χ2v) is 6.20. The number of benzene rings is 1. The third-order valence-corrected chi connectivity index (χ3v) is 4.83. The van der Waals surface area contributed by atoms with Gasteiger partial charge in [-0.2, -0.15) is 0 Å². The number of halogens is 2. The van der Waals surface area contributed by atoms with E-state index in [9.17, 15) is 4.79 Å². The standard InChI is InChI=1S/C17H17BrClNO5.CH4/c1-8-6-10(22-2)15(23-3)16(24-4)11(8)14(21)12-13(19)9(18)7-20-17(12)25-5;/h6-7H,1-5H3;1H4. The lowest BCUT2D eigenvalue weighted by Gasteiger charge is -2.18. The van der Waals surface area contributed by atoms with Gasteiger partial charge in [-0.05, 0) is 34.5 Å². The lowest BCUT2D eigenvalue weighted by molar-refractivity contribution is 0.103. The molecule has 0 aliphatic rings. The van der Waals surface area contributed by atoms with Crippen LogP contribution >= 0.6 is 27.5 Å². The first-order chi connectivity index (χ1) is 11.9. The van der Waals surface area contributed by atoms with E-state index < -0.39 is 5.78 Å². The predicted octanol–water partition coefficient (Wildman–Crippen LogP) is 4.71. The molecule has 2 rings (SSSR count). The Labute approximate surface area is 166 Å². The van der Waals surface area contributed by atoms with E-state index in [2.05, 4.69) is 20.9 Å². The summed E-state index contributed by atoms with van der Waals surface area (Å²) in [5.74, 6) is 0.749. The fraction of sp³-hybridized carbons (Fsp3) is 0.333. The molecule has 142 valence electrons. The van der Waals surface area contributed by atoms with Crippen LogP contribution in [0.5, 0.6) is 23.1 Å². The van der Waals surface area contributed by atoms with Crippen molar-refractivity contribution in [2.24, 2.45) is 0 Å². The molecule has 1 aromatic heterocycles. The highest BCUT2D eigenvalue weighted by Crippen LogP contribution is 2.44. The van der Waals surface area contributed by atoms with E-state index in [1.807, 2.05) is 0 Å². The largest absolute Gasteiger partial charge is 0.493 e. The van der Waals surface area contributed by atoms with E-state index in [0.717, 1.165) is 0 Å². The minimum Gasteiger partial charge on any atom is -0.493 e. The topological polar surface area (TPSA) is 66.9 Å². The van der Waals surface area contributed by atoms with Crippen molar-refractivity contribution in [1.82, 2.24) is 4.98 Å². The molecular weight excluding hydrogens is 426 g/mol. The van der Waals surface area contributed by atoms with Gasteiger partial charge < -0.3 is 18.9 Å². The van der Waals surface area contributed by atoms with Crippen molar-refractivity contribution in [3.05, 3.63) is 38.4 Å². The summed E-state index contributed by atoms with van der Waals surface area (Å²) in [4.78, 5) is 17.4. The molecule has 0 aliphatic heterocycles. The number of ketones is 1. The molecule has 1 heterocycles.